The number of alkyl halides is 3. The van der Waals surface area contributed by atoms with Crippen LogP contribution in [0.25, 0.3) is 33.5 Å². The minimum Gasteiger partial charge on any atom is -0.444 e. The van der Waals surface area contributed by atoms with Crippen molar-refractivity contribution >= 4 is 32.8 Å². The minimum absolute atomic E-state index is 0.00737. The molecule has 0 bridgehead atoms. The molecule has 0 aliphatic rings. The Kier molecular flexibility index (Phi) is 6.94. The number of amides is 1. The third-order valence-corrected chi connectivity index (χ3v) is 6.55. The number of ether oxygens (including phenoxy) is 1. The zero-order chi connectivity index (χ0) is 28.5. The van der Waals surface area contributed by atoms with Crippen LogP contribution in [0.15, 0.2) is 78.1 Å². The van der Waals surface area contributed by atoms with Gasteiger partial charge in [0.25, 0.3) is 0 Å². The number of hydrogen-bond donors (Lipinski definition) is 2. The number of rotatable bonds is 6. The van der Waals surface area contributed by atoms with E-state index < -0.39 is 32.8 Å². The largest absolute Gasteiger partial charge is 0.444 e. The number of anilines is 1. The predicted octanol–water partition coefficient (Wildman–Crippen LogP) is 5.25. The first-order chi connectivity index (χ1) is 19.0. The van der Waals surface area contributed by atoms with Crippen molar-refractivity contribution in [3.05, 3.63) is 84.1 Å². The Bertz CT molecular complexity index is 1830. The molecule has 0 spiro atoms. The average Bonchev–Trinajstić information content (AvgIpc) is 3.32. The standard InChI is InChI=1S/C26H19F3N6O4S/c1-40(37,38)24-30-11-10-20(31-24)18-13-19-22(32-21(18)16-8-5-9-17(12-16)26(27,28)29)34-35-23(19)33-25(36)39-14-15-6-3-2-4-7-15/h2-13H,14H2,1H3,(H2,32,33,34,35,36). The molecule has 3 heterocycles. The Morgan fingerprint density at radius 2 is 1.80 bits per heavy atom. The lowest BCUT2D eigenvalue weighted by atomic mass is 10.00. The van der Waals surface area contributed by atoms with E-state index in [9.17, 15) is 26.4 Å². The molecule has 0 unspecified atom stereocenters. The third kappa shape index (κ3) is 5.76. The van der Waals surface area contributed by atoms with E-state index in [4.69, 9.17) is 4.74 Å². The van der Waals surface area contributed by atoms with E-state index in [1.54, 1.807) is 24.3 Å². The van der Waals surface area contributed by atoms with Gasteiger partial charge in [-0.1, -0.05) is 42.5 Å². The number of nitrogens with one attached hydrogen (secondary N) is 2. The number of carbonyl (C=O) groups excluding carboxylic acids is 1. The summed E-state index contributed by atoms with van der Waals surface area (Å²) in [7, 11) is -3.81. The highest BCUT2D eigenvalue weighted by Crippen LogP contribution is 2.37. The van der Waals surface area contributed by atoms with Gasteiger partial charge in [-0.2, -0.15) is 18.3 Å². The number of benzene rings is 2. The smallest absolute Gasteiger partial charge is 0.416 e. The van der Waals surface area contributed by atoms with Crippen molar-refractivity contribution in [2.45, 2.75) is 17.9 Å². The highest BCUT2D eigenvalue weighted by molar-refractivity contribution is 7.90. The normalized spacial score (nSPS) is 11.9. The number of sulfone groups is 1. The summed E-state index contributed by atoms with van der Waals surface area (Å²) in [4.78, 5) is 24.8. The fourth-order valence-electron chi connectivity index (χ4n) is 3.83. The molecule has 204 valence electrons. The molecule has 10 nitrogen and oxygen atoms in total. The Morgan fingerprint density at radius 1 is 1.02 bits per heavy atom. The second kappa shape index (κ2) is 10.4. The van der Waals surface area contributed by atoms with Crippen LogP contribution in [0.3, 0.4) is 0 Å². The molecule has 0 atom stereocenters. The van der Waals surface area contributed by atoms with Crippen LogP contribution in [0, 0.1) is 0 Å². The highest BCUT2D eigenvalue weighted by Gasteiger charge is 2.31. The van der Waals surface area contributed by atoms with Crippen LogP contribution in [0.5, 0.6) is 0 Å². The molecule has 0 fully saturated rings. The number of H-pyrrole nitrogens is 1. The van der Waals surface area contributed by atoms with Crippen LogP contribution in [-0.2, 0) is 27.4 Å². The summed E-state index contributed by atoms with van der Waals surface area (Å²) in [6, 6.07) is 16.4. The van der Waals surface area contributed by atoms with Crippen molar-refractivity contribution in [1.82, 2.24) is 25.1 Å². The van der Waals surface area contributed by atoms with Gasteiger partial charge in [0.2, 0.25) is 15.0 Å². The minimum atomic E-state index is -4.61. The maximum atomic E-state index is 13.5. The first-order valence-corrected chi connectivity index (χ1v) is 13.5. The van der Waals surface area contributed by atoms with E-state index in [1.165, 1.54) is 30.5 Å². The number of nitrogens with zero attached hydrogens (tertiary/aromatic N) is 4. The van der Waals surface area contributed by atoms with Crippen molar-refractivity contribution in [1.29, 1.82) is 0 Å². The fraction of sp³-hybridized carbons (Fsp3) is 0.115. The highest BCUT2D eigenvalue weighted by atomic mass is 32.2. The van der Waals surface area contributed by atoms with Gasteiger partial charge in [0.15, 0.2) is 11.5 Å². The van der Waals surface area contributed by atoms with Crippen LogP contribution in [0.4, 0.5) is 23.8 Å². The van der Waals surface area contributed by atoms with E-state index in [0.717, 1.165) is 24.0 Å². The van der Waals surface area contributed by atoms with Crippen molar-refractivity contribution < 1.29 is 31.1 Å². The molecule has 5 rings (SSSR count). The van der Waals surface area contributed by atoms with Gasteiger partial charge in [0.1, 0.15) is 6.61 Å². The molecule has 3 aromatic heterocycles. The van der Waals surface area contributed by atoms with Gasteiger partial charge in [0.05, 0.1) is 22.3 Å². The van der Waals surface area contributed by atoms with E-state index >= 15 is 0 Å². The summed E-state index contributed by atoms with van der Waals surface area (Å²) in [6.45, 7) is 0.00737. The van der Waals surface area contributed by atoms with Crippen LogP contribution in [-0.4, -0.2) is 45.9 Å². The van der Waals surface area contributed by atoms with Gasteiger partial charge in [-0.3, -0.25) is 10.4 Å². The summed E-state index contributed by atoms with van der Waals surface area (Å²) >= 11 is 0. The van der Waals surface area contributed by atoms with Crippen LogP contribution in [0.1, 0.15) is 11.1 Å². The number of aromatic nitrogens is 5. The maximum absolute atomic E-state index is 13.5. The van der Waals surface area contributed by atoms with Crippen molar-refractivity contribution in [2.75, 3.05) is 11.6 Å². The molecule has 0 aliphatic heterocycles. The number of pyridine rings is 1. The zero-order valence-corrected chi connectivity index (χ0v) is 21.4. The first-order valence-electron chi connectivity index (χ1n) is 11.6. The van der Waals surface area contributed by atoms with Crippen LogP contribution >= 0.6 is 0 Å². The van der Waals surface area contributed by atoms with Gasteiger partial charge in [0, 0.05) is 23.6 Å². The number of fused-ring (bicyclic) bond motifs is 1. The molecule has 0 aliphatic carbocycles. The summed E-state index contributed by atoms with van der Waals surface area (Å²) in [5, 5.41) is 9.04. The van der Waals surface area contributed by atoms with Crippen LogP contribution < -0.4 is 5.32 Å². The van der Waals surface area contributed by atoms with Gasteiger partial charge in [-0.05, 0) is 29.8 Å². The van der Waals surface area contributed by atoms with E-state index in [1.807, 2.05) is 6.07 Å². The predicted molar refractivity (Wildman–Crippen MR) is 139 cm³/mol. The molecule has 0 radical (unpaired) electrons. The molecule has 40 heavy (non-hydrogen) atoms. The summed E-state index contributed by atoms with van der Waals surface area (Å²) in [6.07, 6.45) is -3.26. The molecule has 2 aromatic carbocycles. The van der Waals surface area contributed by atoms with Crippen molar-refractivity contribution in [2.24, 2.45) is 0 Å². The Morgan fingerprint density at radius 3 is 2.52 bits per heavy atom. The second-order valence-corrected chi connectivity index (χ2v) is 10.5. The zero-order valence-electron chi connectivity index (χ0n) is 20.6. The van der Waals surface area contributed by atoms with Crippen LogP contribution in [0.2, 0.25) is 0 Å². The van der Waals surface area contributed by atoms with E-state index in [-0.39, 0.29) is 46.0 Å². The lowest BCUT2D eigenvalue weighted by molar-refractivity contribution is -0.137. The first kappa shape index (κ1) is 26.7. The molecule has 0 saturated carbocycles. The van der Waals surface area contributed by atoms with Gasteiger partial charge in [-0.15, -0.1) is 0 Å². The summed E-state index contributed by atoms with van der Waals surface area (Å²) in [5.74, 6) is 0.0368. The lowest BCUT2D eigenvalue weighted by Gasteiger charge is -2.12. The van der Waals surface area contributed by atoms with E-state index in [0.29, 0.717) is 0 Å². The Labute approximate surface area is 225 Å². The van der Waals surface area contributed by atoms with Crippen molar-refractivity contribution in [3.63, 3.8) is 0 Å². The number of carbonyl (C=O) groups is 1. The average molecular weight is 569 g/mol. The fourth-order valence-corrected chi connectivity index (χ4v) is 4.34. The molecule has 1 amide bonds. The van der Waals surface area contributed by atoms with E-state index in [2.05, 4.69) is 30.5 Å². The van der Waals surface area contributed by atoms with Gasteiger partial charge in [-0.25, -0.2) is 28.2 Å². The lowest BCUT2D eigenvalue weighted by Crippen LogP contribution is -2.14. The maximum Gasteiger partial charge on any atom is 0.416 e. The Balaban J connectivity index is 1.59. The molecule has 14 heteroatoms. The summed E-state index contributed by atoms with van der Waals surface area (Å²) in [5.41, 5.74) is 0.440. The molecule has 2 N–H and O–H groups in total. The quantitative estimate of drug-likeness (QED) is 0.265. The third-order valence-electron chi connectivity index (χ3n) is 5.69. The molecular weight excluding hydrogens is 549 g/mol. The molecular formula is C26H19F3N6O4S. The SMILES string of the molecule is CS(=O)(=O)c1nccc(-c2cc3c(NC(=O)OCc4ccccc4)n[nH]c3nc2-c2cccc(C(F)(F)F)c2)n1. The number of hydrogen-bond acceptors (Lipinski definition) is 8. The van der Waals surface area contributed by atoms with Gasteiger partial charge < -0.3 is 4.74 Å². The molecule has 5 aromatic rings. The van der Waals surface area contributed by atoms with Crippen molar-refractivity contribution in [3.8, 4) is 22.5 Å². The topological polar surface area (TPSA) is 140 Å². The summed E-state index contributed by atoms with van der Waals surface area (Å²) < 4.78 is 69.8. The molecule has 0 saturated heterocycles. The number of aromatic amines is 1. The second-order valence-electron chi connectivity index (χ2n) is 8.61. The Hall–Kier alpha value is -4.85. The van der Waals surface area contributed by atoms with Gasteiger partial charge >= 0.3 is 12.3 Å². The number of halogens is 3. The monoisotopic (exact) mass is 568 g/mol.